The second-order valence-corrected chi connectivity index (χ2v) is 8.43. The summed E-state index contributed by atoms with van der Waals surface area (Å²) in [6.07, 6.45) is 0. The molecule has 0 bridgehead atoms. The van der Waals surface area contributed by atoms with Gasteiger partial charge in [0, 0.05) is 9.86 Å². The van der Waals surface area contributed by atoms with Crippen LogP contribution in [0.25, 0.3) is 10.9 Å². The Morgan fingerprint density at radius 1 is 1.22 bits per heavy atom. The molecule has 1 heterocycles. The van der Waals surface area contributed by atoms with E-state index in [9.17, 15) is 18.3 Å². The zero-order valence-corrected chi connectivity index (χ0v) is 16.5. The van der Waals surface area contributed by atoms with Gasteiger partial charge in [-0.1, -0.05) is 33.6 Å². The minimum atomic E-state index is -3.83. The van der Waals surface area contributed by atoms with Gasteiger partial charge in [-0.15, -0.1) is 10.2 Å². The Labute approximate surface area is 163 Å². The molecule has 10 heteroatoms. The Balaban J connectivity index is 1.72. The van der Waals surface area contributed by atoms with Crippen molar-refractivity contribution in [3.05, 3.63) is 52.5 Å². The summed E-state index contributed by atoms with van der Waals surface area (Å²) < 4.78 is 27.3. The Kier molecular flexibility index (Phi) is 5.40. The molecule has 0 saturated heterocycles. The third kappa shape index (κ3) is 4.41. The van der Waals surface area contributed by atoms with Gasteiger partial charge in [0.05, 0.1) is 17.0 Å². The Morgan fingerprint density at radius 2 is 1.93 bits per heavy atom. The minimum absolute atomic E-state index is 0.0527. The summed E-state index contributed by atoms with van der Waals surface area (Å²) >= 11 is 3.32. The molecule has 8 nitrogen and oxygen atoms in total. The molecule has 0 saturated carbocycles. The van der Waals surface area contributed by atoms with E-state index in [4.69, 9.17) is 0 Å². The molecular weight excluding hydrogens is 436 g/mol. The molecule has 0 fully saturated rings. The van der Waals surface area contributed by atoms with E-state index < -0.39 is 22.5 Å². The molecule has 0 atom stereocenters. The molecule has 0 unspecified atom stereocenters. The topological polar surface area (TPSA) is 124 Å². The monoisotopic (exact) mass is 450 g/mol. The molecule has 0 spiro atoms. The smallest absolute Gasteiger partial charge is 0.279 e. The van der Waals surface area contributed by atoms with Crippen molar-refractivity contribution in [2.75, 3.05) is 6.54 Å². The van der Waals surface area contributed by atoms with Gasteiger partial charge < -0.3 is 10.1 Å². The van der Waals surface area contributed by atoms with Crippen molar-refractivity contribution in [1.82, 2.24) is 9.71 Å². The van der Waals surface area contributed by atoms with Crippen LogP contribution in [-0.4, -0.2) is 31.0 Å². The highest BCUT2D eigenvalue weighted by Crippen LogP contribution is 2.36. The van der Waals surface area contributed by atoms with Gasteiger partial charge >= 0.3 is 0 Å². The van der Waals surface area contributed by atoms with Crippen molar-refractivity contribution in [2.24, 2.45) is 10.2 Å². The quantitative estimate of drug-likeness (QED) is 0.514. The molecule has 2 aromatic carbocycles. The normalized spacial score (nSPS) is 12.1. The fourth-order valence-electron chi connectivity index (χ4n) is 2.34. The standard InChI is InChI=1S/C17H15BrN4O4S/c1-10-2-5-12(6-3-10)27(25,26)19-9-15(23)21-22-16-13-8-11(18)4-7-14(13)20-17(16)24/h2-8,19-20,24H,9H2,1H3. The van der Waals surface area contributed by atoms with Gasteiger partial charge in [0.1, 0.15) is 0 Å². The number of halogens is 1. The number of amides is 1. The number of nitrogens with zero attached hydrogens (tertiary/aromatic N) is 2. The van der Waals surface area contributed by atoms with Crippen molar-refractivity contribution in [3.8, 4) is 5.88 Å². The van der Waals surface area contributed by atoms with Crippen LogP contribution in [0.2, 0.25) is 0 Å². The molecule has 3 rings (SSSR count). The lowest BCUT2D eigenvalue weighted by Crippen LogP contribution is -2.28. The van der Waals surface area contributed by atoms with E-state index in [-0.39, 0.29) is 16.5 Å². The van der Waals surface area contributed by atoms with Crippen molar-refractivity contribution in [1.29, 1.82) is 0 Å². The minimum Gasteiger partial charge on any atom is -0.493 e. The van der Waals surface area contributed by atoms with E-state index in [2.05, 4.69) is 35.9 Å². The average molecular weight is 451 g/mol. The molecule has 0 radical (unpaired) electrons. The zero-order chi connectivity index (χ0) is 19.6. The number of aromatic amines is 1. The SMILES string of the molecule is Cc1ccc(S(=O)(=O)NCC(=O)N=Nc2c(O)[nH]c3ccc(Br)cc23)cc1. The first kappa shape index (κ1) is 19.2. The van der Waals surface area contributed by atoms with E-state index in [0.717, 1.165) is 10.0 Å². The van der Waals surface area contributed by atoms with Crippen LogP contribution in [0.1, 0.15) is 5.56 Å². The van der Waals surface area contributed by atoms with Gasteiger partial charge in [0.25, 0.3) is 5.91 Å². The number of benzene rings is 2. The lowest BCUT2D eigenvalue weighted by atomic mass is 10.2. The maximum absolute atomic E-state index is 12.2. The number of nitrogens with one attached hydrogen (secondary N) is 2. The fourth-order valence-corrected chi connectivity index (χ4v) is 3.67. The van der Waals surface area contributed by atoms with Gasteiger partial charge in [-0.25, -0.2) is 13.1 Å². The van der Waals surface area contributed by atoms with Crippen LogP contribution in [0.3, 0.4) is 0 Å². The predicted molar refractivity (Wildman–Crippen MR) is 104 cm³/mol. The first-order valence-electron chi connectivity index (χ1n) is 7.77. The van der Waals surface area contributed by atoms with Crippen LogP contribution < -0.4 is 4.72 Å². The number of carbonyl (C=O) groups excluding carboxylic acids is 1. The summed E-state index contributed by atoms with van der Waals surface area (Å²) in [5.74, 6) is -1.03. The molecule has 1 aromatic heterocycles. The number of hydrogen-bond acceptors (Lipinski definition) is 5. The molecule has 3 aromatic rings. The maximum Gasteiger partial charge on any atom is 0.279 e. The van der Waals surface area contributed by atoms with Crippen LogP contribution in [0.4, 0.5) is 5.69 Å². The number of aromatic hydroxyl groups is 1. The molecule has 0 aliphatic heterocycles. The average Bonchev–Trinajstić information content (AvgIpc) is 2.93. The Bertz CT molecular complexity index is 1140. The number of fused-ring (bicyclic) bond motifs is 1. The molecule has 140 valence electrons. The highest BCUT2D eigenvalue weighted by atomic mass is 79.9. The van der Waals surface area contributed by atoms with Crippen molar-refractivity contribution in [2.45, 2.75) is 11.8 Å². The van der Waals surface area contributed by atoms with Gasteiger partial charge in [-0.05, 0) is 37.3 Å². The molecule has 0 aliphatic carbocycles. The number of sulfonamides is 1. The van der Waals surface area contributed by atoms with E-state index in [1.165, 1.54) is 12.1 Å². The predicted octanol–water partition coefficient (Wildman–Crippen LogP) is 3.53. The second-order valence-electron chi connectivity index (χ2n) is 5.74. The number of hydrogen-bond donors (Lipinski definition) is 3. The molecule has 3 N–H and O–H groups in total. The number of azo groups is 1. The van der Waals surface area contributed by atoms with Crippen LogP contribution in [0, 0.1) is 6.92 Å². The summed E-state index contributed by atoms with van der Waals surface area (Å²) in [6.45, 7) is 1.29. The fraction of sp³-hybridized carbons (Fsp3) is 0.118. The number of H-pyrrole nitrogens is 1. The van der Waals surface area contributed by atoms with Crippen molar-refractivity contribution in [3.63, 3.8) is 0 Å². The number of aryl methyl sites for hydroxylation is 1. The molecule has 27 heavy (non-hydrogen) atoms. The van der Waals surface area contributed by atoms with E-state index in [0.29, 0.717) is 10.9 Å². The third-order valence-electron chi connectivity index (χ3n) is 3.72. The summed E-state index contributed by atoms with van der Waals surface area (Å²) in [6, 6.07) is 11.4. The summed E-state index contributed by atoms with van der Waals surface area (Å²) in [7, 11) is -3.83. The first-order valence-corrected chi connectivity index (χ1v) is 10.0. The number of aromatic nitrogens is 1. The largest absolute Gasteiger partial charge is 0.493 e. The highest BCUT2D eigenvalue weighted by Gasteiger charge is 2.16. The number of rotatable bonds is 5. The zero-order valence-electron chi connectivity index (χ0n) is 14.1. The lowest BCUT2D eigenvalue weighted by molar-refractivity contribution is -0.117. The van der Waals surface area contributed by atoms with Crippen LogP contribution >= 0.6 is 15.9 Å². The summed E-state index contributed by atoms with van der Waals surface area (Å²) in [5, 5.41) is 17.7. The molecule has 0 aliphatic rings. The summed E-state index contributed by atoms with van der Waals surface area (Å²) in [4.78, 5) is 14.7. The highest BCUT2D eigenvalue weighted by molar-refractivity contribution is 9.10. The van der Waals surface area contributed by atoms with E-state index in [1.807, 2.05) is 6.92 Å². The Morgan fingerprint density at radius 3 is 2.63 bits per heavy atom. The lowest BCUT2D eigenvalue weighted by Gasteiger charge is -2.04. The van der Waals surface area contributed by atoms with Gasteiger partial charge in [0.15, 0.2) is 5.69 Å². The number of carbonyl (C=O) groups is 1. The van der Waals surface area contributed by atoms with Crippen molar-refractivity contribution >= 4 is 48.5 Å². The second kappa shape index (κ2) is 7.59. The van der Waals surface area contributed by atoms with E-state index in [1.54, 1.807) is 30.3 Å². The van der Waals surface area contributed by atoms with Crippen LogP contribution in [0.5, 0.6) is 5.88 Å². The Hall–Kier alpha value is -2.56. The third-order valence-corrected chi connectivity index (χ3v) is 5.63. The van der Waals surface area contributed by atoms with Crippen molar-refractivity contribution < 1.29 is 18.3 Å². The maximum atomic E-state index is 12.2. The van der Waals surface area contributed by atoms with Gasteiger partial charge in [0.2, 0.25) is 15.9 Å². The summed E-state index contributed by atoms with van der Waals surface area (Å²) in [5.41, 5.74) is 1.64. The van der Waals surface area contributed by atoms with Crippen LogP contribution in [-0.2, 0) is 14.8 Å². The first-order chi connectivity index (χ1) is 12.8. The van der Waals surface area contributed by atoms with Gasteiger partial charge in [-0.2, -0.15) is 0 Å². The molecular formula is C17H15BrN4O4S. The van der Waals surface area contributed by atoms with Crippen LogP contribution in [0.15, 0.2) is 62.1 Å². The molecule has 1 amide bonds. The van der Waals surface area contributed by atoms with Gasteiger partial charge in [-0.3, -0.25) is 4.79 Å². The van der Waals surface area contributed by atoms with E-state index >= 15 is 0 Å².